The number of carbonyl (C=O) groups excluding carboxylic acids is 4. The largest absolute Gasteiger partial charge is 0.340 e. The van der Waals surface area contributed by atoms with Crippen molar-refractivity contribution in [2.75, 3.05) is 52.4 Å². The molecule has 3 amide bonds. The van der Waals surface area contributed by atoms with Crippen molar-refractivity contribution in [2.24, 2.45) is 0 Å². The molecule has 0 radical (unpaired) electrons. The standard InChI is InChI=1S/C59H67N7O4S2/c67-48(29-37-63-31-9-3-10-32-63)39-49(44-15-5-1-6-16-44)58(69)65-35-13-19-50(65)56-60-40-52(71-56)45-25-21-42(22-26-45)43-23-27-46(28-24-43)53-41-61-57(72-53)51-20-14-36-66(51)59(70)55(47-17-7-2-8-18-47)62-54(68)30-38-64-33-11-4-12-34-64/h1-2,5-8,15-18,21-28,40-41,49-51,55H,3-4,9-14,19-20,29-39H2,(H,62,68)/t49-,50+,51+,55-/m1/s1. The molecule has 4 aliphatic rings. The Hall–Kier alpha value is -5.86. The average molecular weight is 1000 g/mol. The zero-order valence-corrected chi connectivity index (χ0v) is 43.0. The second-order valence-electron chi connectivity index (χ2n) is 20.1. The van der Waals surface area contributed by atoms with Gasteiger partial charge in [-0.1, -0.05) is 122 Å². The Balaban J connectivity index is 0.767. The van der Waals surface area contributed by atoms with E-state index in [1.165, 1.54) is 38.5 Å². The molecule has 0 bridgehead atoms. The summed E-state index contributed by atoms with van der Waals surface area (Å²) in [6.45, 7) is 6.96. The Morgan fingerprint density at radius 3 is 1.49 bits per heavy atom. The molecule has 0 saturated carbocycles. The highest BCUT2D eigenvalue weighted by atomic mass is 32.1. The molecule has 0 spiro atoms. The van der Waals surface area contributed by atoms with Crippen LogP contribution in [0.3, 0.4) is 0 Å². The number of carbonyl (C=O) groups is 4. The van der Waals surface area contributed by atoms with Crippen molar-refractivity contribution in [3.8, 4) is 32.0 Å². The number of aromatic nitrogens is 2. The van der Waals surface area contributed by atoms with Gasteiger partial charge in [-0.3, -0.25) is 19.2 Å². The molecule has 4 atom stereocenters. The van der Waals surface area contributed by atoms with Crippen LogP contribution < -0.4 is 5.32 Å². The van der Waals surface area contributed by atoms with Crippen LogP contribution in [0.2, 0.25) is 0 Å². The van der Waals surface area contributed by atoms with Crippen LogP contribution in [0.15, 0.2) is 122 Å². The van der Waals surface area contributed by atoms with Crippen LogP contribution in [0.4, 0.5) is 0 Å². The molecule has 10 rings (SSSR count). The fourth-order valence-corrected chi connectivity index (χ4v) is 13.3. The lowest BCUT2D eigenvalue weighted by Gasteiger charge is -2.29. The Morgan fingerprint density at radius 2 is 0.972 bits per heavy atom. The van der Waals surface area contributed by atoms with Crippen molar-refractivity contribution < 1.29 is 19.2 Å². The molecule has 11 nitrogen and oxygen atoms in total. The third-order valence-corrected chi connectivity index (χ3v) is 17.5. The summed E-state index contributed by atoms with van der Waals surface area (Å²) in [5.41, 5.74) is 6.07. The number of benzene rings is 4. The minimum absolute atomic E-state index is 0.0270. The Bertz CT molecular complexity index is 2560. The van der Waals surface area contributed by atoms with Crippen molar-refractivity contribution >= 4 is 46.2 Å². The highest BCUT2D eigenvalue weighted by molar-refractivity contribution is 7.15. The first-order chi connectivity index (χ1) is 35.3. The predicted octanol–water partition coefficient (Wildman–Crippen LogP) is 11.3. The van der Waals surface area contributed by atoms with Gasteiger partial charge in [0.25, 0.3) is 0 Å². The van der Waals surface area contributed by atoms with Gasteiger partial charge in [0.1, 0.15) is 21.8 Å². The lowest BCUT2D eigenvalue weighted by atomic mass is 9.91. The zero-order chi connectivity index (χ0) is 49.2. The first-order valence-corrected chi connectivity index (χ1v) is 28.1. The summed E-state index contributed by atoms with van der Waals surface area (Å²) in [7, 11) is 0. The van der Waals surface area contributed by atoms with E-state index in [9.17, 15) is 19.2 Å². The van der Waals surface area contributed by atoms with Crippen LogP contribution in [0.25, 0.3) is 32.0 Å². The lowest BCUT2D eigenvalue weighted by Crippen LogP contribution is -2.43. The fourth-order valence-electron chi connectivity index (χ4n) is 11.2. The molecule has 4 aliphatic heterocycles. The molecule has 4 fully saturated rings. The van der Waals surface area contributed by atoms with Gasteiger partial charge in [0, 0.05) is 57.8 Å². The summed E-state index contributed by atoms with van der Waals surface area (Å²) in [4.78, 5) is 76.2. The van der Waals surface area contributed by atoms with E-state index in [2.05, 4.69) is 63.6 Å². The van der Waals surface area contributed by atoms with Crippen LogP contribution in [-0.2, 0) is 19.2 Å². The molecule has 2 aromatic heterocycles. The maximum Gasteiger partial charge on any atom is 0.250 e. The van der Waals surface area contributed by atoms with E-state index in [1.807, 2.05) is 82.9 Å². The SMILES string of the molecule is O=C(CCN1CCCCC1)C[C@@H](C(=O)N1CCC[C@H]1c1ncc(-c2ccc(-c3ccc(-c4cnc([C@@H]5CCCN5C(=O)[C@H](NC(=O)CCN5CCCCC5)c5ccccc5)s4)cc3)cc2)s1)c1ccccc1. The summed E-state index contributed by atoms with van der Waals surface area (Å²) >= 11 is 3.28. The third kappa shape index (κ3) is 12.0. The van der Waals surface area contributed by atoms with E-state index >= 15 is 0 Å². The summed E-state index contributed by atoms with van der Waals surface area (Å²) in [5.74, 6) is -0.495. The molecule has 4 saturated heterocycles. The molecular formula is C59H67N7O4S2. The van der Waals surface area contributed by atoms with E-state index in [-0.39, 0.29) is 42.0 Å². The quantitative estimate of drug-likeness (QED) is 0.0904. The van der Waals surface area contributed by atoms with Gasteiger partial charge in [0.2, 0.25) is 17.7 Å². The number of Topliss-reactive ketones (excluding diaryl/α,β-unsaturated/α-hetero) is 1. The van der Waals surface area contributed by atoms with Gasteiger partial charge in [-0.2, -0.15) is 0 Å². The summed E-state index contributed by atoms with van der Waals surface area (Å²) in [6, 6.07) is 35.7. The molecule has 4 aromatic carbocycles. The molecule has 6 heterocycles. The molecular weight excluding hydrogens is 935 g/mol. The van der Waals surface area contributed by atoms with Crippen molar-refractivity contribution in [1.82, 2.24) is 34.9 Å². The summed E-state index contributed by atoms with van der Waals surface area (Å²) in [6.07, 6.45) is 15.7. The second-order valence-corrected chi connectivity index (χ2v) is 22.2. The van der Waals surface area contributed by atoms with Gasteiger partial charge < -0.3 is 24.9 Å². The smallest absolute Gasteiger partial charge is 0.250 e. The highest BCUT2D eigenvalue weighted by Crippen LogP contribution is 2.42. The topological polar surface area (TPSA) is 119 Å². The van der Waals surface area contributed by atoms with Crippen molar-refractivity contribution in [1.29, 1.82) is 0 Å². The van der Waals surface area contributed by atoms with E-state index in [0.29, 0.717) is 32.5 Å². The van der Waals surface area contributed by atoms with E-state index in [1.54, 1.807) is 22.7 Å². The monoisotopic (exact) mass is 1000 g/mol. The first kappa shape index (κ1) is 49.7. The van der Waals surface area contributed by atoms with Crippen LogP contribution in [0.5, 0.6) is 0 Å². The first-order valence-electron chi connectivity index (χ1n) is 26.4. The van der Waals surface area contributed by atoms with E-state index in [4.69, 9.17) is 9.97 Å². The predicted molar refractivity (Wildman–Crippen MR) is 287 cm³/mol. The van der Waals surface area contributed by atoms with E-state index < -0.39 is 12.0 Å². The van der Waals surface area contributed by atoms with Gasteiger partial charge in [-0.15, -0.1) is 22.7 Å². The number of nitrogens with zero attached hydrogens (tertiary/aromatic N) is 6. The number of rotatable bonds is 18. The Labute approximate surface area is 432 Å². The van der Waals surface area contributed by atoms with Gasteiger partial charge in [-0.25, -0.2) is 9.97 Å². The number of hydrogen-bond acceptors (Lipinski definition) is 10. The van der Waals surface area contributed by atoms with Crippen molar-refractivity contribution in [3.05, 3.63) is 143 Å². The summed E-state index contributed by atoms with van der Waals surface area (Å²) < 4.78 is 0. The minimum Gasteiger partial charge on any atom is -0.340 e. The molecule has 1 N–H and O–H groups in total. The molecule has 72 heavy (non-hydrogen) atoms. The van der Waals surface area contributed by atoms with Crippen molar-refractivity contribution in [2.45, 2.75) is 108 Å². The maximum absolute atomic E-state index is 14.5. The molecule has 374 valence electrons. The maximum atomic E-state index is 14.5. The van der Waals surface area contributed by atoms with Gasteiger partial charge in [0.15, 0.2) is 0 Å². The number of nitrogens with one attached hydrogen (secondary N) is 1. The van der Waals surface area contributed by atoms with Crippen LogP contribution in [0, 0.1) is 0 Å². The Kier molecular flexibility index (Phi) is 16.4. The molecule has 6 aromatic rings. The van der Waals surface area contributed by atoms with Gasteiger partial charge >= 0.3 is 0 Å². The number of hydrogen-bond donors (Lipinski definition) is 1. The second kappa shape index (κ2) is 23.8. The average Bonchev–Trinajstić information content (AvgIpc) is 4.30. The lowest BCUT2D eigenvalue weighted by molar-refractivity contribution is -0.137. The van der Waals surface area contributed by atoms with E-state index in [0.717, 1.165) is 112 Å². The van der Waals surface area contributed by atoms with Gasteiger partial charge in [-0.05, 0) is 111 Å². The molecule has 0 aliphatic carbocycles. The minimum atomic E-state index is -0.747. The number of likely N-dealkylation sites (tertiary alicyclic amines) is 4. The van der Waals surface area contributed by atoms with Crippen molar-refractivity contribution in [3.63, 3.8) is 0 Å². The zero-order valence-electron chi connectivity index (χ0n) is 41.3. The molecule has 13 heteroatoms. The highest BCUT2D eigenvalue weighted by Gasteiger charge is 2.39. The molecule has 0 unspecified atom stereocenters. The van der Waals surface area contributed by atoms with Crippen LogP contribution in [0.1, 0.15) is 129 Å². The third-order valence-electron chi connectivity index (χ3n) is 15.2. The summed E-state index contributed by atoms with van der Waals surface area (Å²) in [5, 5.41) is 4.98. The number of thiazole rings is 2. The number of piperidine rings is 2. The number of amides is 3. The fraction of sp³-hybridized carbons (Fsp3) is 0.424. The van der Waals surface area contributed by atoms with Crippen LogP contribution in [-0.4, -0.2) is 105 Å². The van der Waals surface area contributed by atoms with Gasteiger partial charge in [0.05, 0.1) is 27.8 Å². The van der Waals surface area contributed by atoms with Crippen LogP contribution >= 0.6 is 22.7 Å². The number of ketones is 1. The normalized spacial score (nSPS) is 19.6. The Morgan fingerprint density at radius 1 is 0.514 bits per heavy atom.